The highest BCUT2D eigenvalue weighted by Crippen LogP contribution is 2.23. The molecule has 2 aromatic rings. The Balaban J connectivity index is 1.50. The number of aliphatic hydroxyl groups excluding tert-OH is 1. The minimum atomic E-state index is -0.559. The number of aliphatic imine (C=N–C) groups is 1. The molecule has 0 bridgehead atoms. The van der Waals surface area contributed by atoms with Crippen molar-refractivity contribution in [3.63, 3.8) is 0 Å². The first kappa shape index (κ1) is 19.2. The van der Waals surface area contributed by atoms with E-state index >= 15 is 0 Å². The molecule has 0 spiro atoms. The van der Waals surface area contributed by atoms with Gasteiger partial charge in [-0.15, -0.1) is 0 Å². The number of aliphatic hydroxyl groups is 1. The number of rotatable bonds is 7. The minimum absolute atomic E-state index is 0.246. The molecule has 1 aliphatic heterocycles. The first-order chi connectivity index (χ1) is 13.2. The molecule has 3 rings (SSSR count). The van der Waals surface area contributed by atoms with Crippen LogP contribution in [0.1, 0.15) is 0 Å². The normalized spacial score (nSPS) is 16.7. The Kier molecular flexibility index (Phi) is 7.04. The van der Waals surface area contributed by atoms with E-state index in [0.29, 0.717) is 25.5 Å². The topological polar surface area (TPSA) is 92.3 Å². The number of nitrogens with zero attached hydrogens (tertiary/aromatic N) is 2. The lowest BCUT2D eigenvalue weighted by molar-refractivity contribution is 0.0165. The monoisotopic (exact) mass is 370 g/mol. The molecular formula is C20H26N4O3. The Bertz CT molecular complexity index is 733. The van der Waals surface area contributed by atoms with Gasteiger partial charge >= 0.3 is 0 Å². The first-order valence-electron chi connectivity index (χ1n) is 9.07. The Hall–Kier alpha value is -2.61. The third-order valence-electron chi connectivity index (χ3n) is 4.13. The third kappa shape index (κ3) is 6.56. The van der Waals surface area contributed by atoms with Gasteiger partial charge in [-0.3, -0.25) is 9.89 Å². The van der Waals surface area contributed by atoms with Gasteiger partial charge in [0.05, 0.1) is 25.9 Å². The third-order valence-corrected chi connectivity index (χ3v) is 4.13. The number of nitrogens with one attached hydrogen (secondary N) is 1. The molecule has 1 aliphatic rings. The van der Waals surface area contributed by atoms with Gasteiger partial charge < -0.3 is 25.6 Å². The zero-order valence-electron chi connectivity index (χ0n) is 15.3. The molecule has 7 heteroatoms. The SMILES string of the molecule is NC(=NCC(O)CN1CCOCC1)Nc1cccc(Oc2ccccc2)c1. The molecule has 0 saturated carbocycles. The van der Waals surface area contributed by atoms with E-state index in [-0.39, 0.29) is 12.5 Å². The van der Waals surface area contributed by atoms with Gasteiger partial charge in [-0.2, -0.15) is 0 Å². The number of anilines is 1. The van der Waals surface area contributed by atoms with Crippen LogP contribution in [0.3, 0.4) is 0 Å². The fourth-order valence-electron chi connectivity index (χ4n) is 2.79. The Labute approximate surface area is 159 Å². The molecule has 144 valence electrons. The molecule has 1 heterocycles. The van der Waals surface area contributed by atoms with Crippen LogP contribution in [-0.4, -0.2) is 61.5 Å². The highest BCUT2D eigenvalue weighted by atomic mass is 16.5. The van der Waals surface area contributed by atoms with Crippen LogP contribution in [0.4, 0.5) is 5.69 Å². The van der Waals surface area contributed by atoms with Crippen LogP contribution in [0.2, 0.25) is 0 Å². The van der Waals surface area contributed by atoms with Crippen LogP contribution in [0.25, 0.3) is 0 Å². The highest BCUT2D eigenvalue weighted by Gasteiger charge is 2.14. The summed E-state index contributed by atoms with van der Waals surface area (Å²) in [4.78, 5) is 6.40. The number of benzene rings is 2. The number of hydrogen-bond acceptors (Lipinski definition) is 5. The zero-order valence-corrected chi connectivity index (χ0v) is 15.3. The van der Waals surface area contributed by atoms with Crippen molar-refractivity contribution in [1.29, 1.82) is 0 Å². The van der Waals surface area contributed by atoms with Gasteiger partial charge in [0.1, 0.15) is 11.5 Å². The van der Waals surface area contributed by atoms with E-state index in [1.807, 2.05) is 54.6 Å². The van der Waals surface area contributed by atoms with E-state index in [2.05, 4.69) is 15.2 Å². The summed E-state index contributed by atoms with van der Waals surface area (Å²) in [7, 11) is 0. The van der Waals surface area contributed by atoms with E-state index in [9.17, 15) is 5.11 Å². The molecule has 1 fully saturated rings. The van der Waals surface area contributed by atoms with Crippen molar-refractivity contribution >= 4 is 11.6 Å². The molecule has 0 aromatic heterocycles. The number of hydrogen-bond donors (Lipinski definition) is 3. The van der Waals surface area contributed by atoms with Gasteiger partial charge in [-0.1, -0.05) is 24.3 Å². The van der Waals surface area contributed by atoms with Crippen molar-refractivity contribution in [3.8, 4) is 11.5 Å². The molecule has 27 heavy (non-hydrogen) atoms. The van der Waals surface area contributed by atoms with Gasteiger partial charge in [0.15, 0.2) is 5.96 Å². The van der Waals surface area contributed by atoms with Gasteiger partial charge in [0.25, 0.3) is 0 Å². The smallest absolute Gasteiger partial charge is 0.193 e. The lowest BCUT2D eigenvalue weighted by atomic mass is 10.3. The molecular weight excluding hydrogens is 344 g/mol. The lowest BCUT2D eigenvalue weighted by Crippen LogP contribution is -2.42. The molecule has 2 aromatic carbocycles. The second-order valence-corrected chi connectivity index (χ2v) is 6.36. The van der Waals surface area contributed by atoms with Crippen molar-refractivity contribution in [3.05, 3.63) is 54.6 Å². The predicted octanol–water partition coefficient (Wildman–Crippen LogP) is 1.90. The van der Waals surface area contributed by atoms with Crippen LogP contribution in [0.15, 0.2) is 59.6 Å². The second kappa shape index (κ2) is 9.91. The molecule has 4 N–H and O–H groups in total. The molecule has 7 nitrogen and oxygen atoms in total. The number of β-amino-alcohol motifs (C(OH)–C–C–N with tert-alkyl or cyclic N) is 1. The number of nitrogens with two attached hydrogens (primary N) is 1. The summed E-state index contributed by atoms with van der Waals surface area (Å²) in [6.45, 7) is 3.91. The zero-order chi connectivity index (χ0) is 18.9. The quantitative estimate of drug-likeness (QED) is 0.509. The molecule has 1 unspecified atom stereocenters. The van der Waals surface area contributed by atoms with Gasteiger partial charge in [0, 0.05) is 31.4 Å². The number of para-hydroxylation sites is 1. The van der Waals surface area contributed by atoms with E-state index < -0.39 is 6.10 Å². The highest BCUT2D eigenvalue weighted by molar-refractivity contribution is 5.92. The predicted molar refractivity (Wildman–Crippen MR) is 106 cm³/mol. The number of guanidine groups is 1. The van der Waals surface area contributed by atoms with E-state index in [4.69, 9.17) is 15.2 Å². The summed E-state index contributed by atoms with van der Waals surface area (Å²) < 4.78 is 11.1. The Morgan fingerprint density at radius 3 is 2.67 bits per heavy atom. The summed E-state index contributed by atoms with van der Waals surface area (Å²) in [6, 6.07) is 17.0. The average Bonchev–Trinajstić information content (AvgIpc) is 2.68. The summed E-state index contributed by atoms with van der Waals surface area (Å²) in [5, 5.41) is 13.2. The van der Waals surface area contributed by atoms with Crippen molar-refractivity contribution in [2.24, 2.45) is 10.7 Å². The maximum absolute atomic E-state index is 10.1. The van der Waals surface area contributed by atoms with Crippen molar-refractivity contribution in [1.82, 2.24) is 4.90 Å². The number of morpholine rings is 1. The van der Waals surface area contributed by atoms with Crippen LogP contribution in [-0.2, 0) is 4.74 Å². The van der Waals surface area contributed by atoms with Crippen molar-refractivity contribution in [2.75, 3.05) is 44.7 Å². The largest absolute Gasteiger partial charge is 0.457 e. The molecule has 0 radical (unpaired) electrons. The first-order valence-corrected chi connectivity index (χ1v) is 9.07. The van der Waals surface area contributed by atoms with Crippen LogP contribution in [0, 0.1) is 0 Å². The molecule has 1 atom stereocenters. The Morgan fingerprint density at radius 2 is 1.89 bits per heavy atom. The fraction of sp³-hybridized carbons (Fsp3) is 0.350. The maximum Gasteiger partial charge on any atom is 0.193 e. The van der Waals surface area contributed by atoms with Crippen LogP contribution in [0.5, 0.6) is 11.5 Å². The van der Waals surface area contributed by atoms with Gasteiger partial charge in [-0.05, 0) is 24.3 Å². The Morgan fingerprint density at radius 1 is 1.15 bits per heavy atom. The van der Waals surface area contributed by atoms with Gasteiger partial charge in [0.2, 0.25) is 0 Å². The average molecular weight is 370 g/mol. The van der Waals surface area contributed by atoms with Crippen LogP contribution >= 0.6 is 0 Å². The van der Waals surface area contributed by atoms with E-state index in [0.717, 1.165) is 24.5 Å². The molecule has 0 aliphatic carbocycles. The second-order valence-electron chi connectivity index (χ2n) is 6.36. The van der Waals surface area contributed by atoms with E-state index in [1.165, 1.54) is 0 Å². The summed E-state index contributed by atoms with van der Waals surface area (Å²) >= 11 is 0. The fourth-order valence-corrected chi connectivity index (χ4v) is 2.79. The van der Waals surface area contributed by atoms with Crippen molar-refractivity contribution < 1.29 is 14.6 Å². The summed E-state index contributed by atoms with van der Waals surface area (Å²) in [5.41, 5.74) is 6.71. The summed E-state index contributed by atoms with van der Waals surface area (Å²) in [6.07, 6.45) is -0.559. The minimum Gasteiger partial charge on any atom is -0.457 e. The van der Waals surface area contributed by atoms with Crippen LogP contribution < -0.4 is 15.8 Å². The molecule has 0 amide bonds. The standard InChI is InChI=1S/C20H26N4O3/c21-20(22-14-17(25)15-24-9-11-26-12-10-24)23-16-5-4-8-19(13-16)27-18-6-2-1-3-7-18/h1-8,13,17,25H,9-12,14-15H2,(H3,21,22,23). The maximum atomic E-state index is 10.1. The van der Waals surface area contributed by atoms with E-state index in [1.54, 1.807) is 0 Å². The summed E-state index contributed by atoms with van der Waals surface area (Å²) in [5.74, 6) is 1.72. The number of ether oxygens (including phenoxy) is 2. The molecule has 1 saturated heterocycles. The van der Waals surface area contributed by atoms with Gasteiger partial charge in [-0.25, -0.2) is 0 Å². The van der Waals surface area contributed by atoms with Crippen molar-refractivity contribution in [2.45, 2.75) is 6.10 Å². The lowest BCUT2D eigenvalue weighted by Gasteiger charge is -2.28.